The van der Waals surface area contributed by atoms with E-state index in [-0.39, 0.29) is 18.3 Å². The molecule has 10 heteroatoms. The molecule has 2 heterocycles. The first-order valence-electron chi connectivity index (χ1n) is 6.60. The minimum atomic E-state index is -3.44. The number of para-hydroxylation sites is 1. The molecule has 0 bridgehead atoms. The van der Waals surface area contributed by atoms with E-state index in [2.05, 4.69) is 15.0 Å². The first-order chi connectivity index (χ1) is 10.8. The summed E-state index contributed by atoms with van der Waals surface area (Å²) >= 11 is 0. The molecular formula is C13H14N6O3S. The molecule has 3 N–H and O–H groups in total. The Morgan fingerprint density at radius 3 is 2.87 bits per heavy atom. The molecule has 0 aliphatic rings. The van der Waals surface area contributed by atoms with E-state index in [1.807, 2.05) is 12.1 Å². The Labute approximate surface area is 131 Å². The van der Waals surface area contributed by atoms with Gasteiger partial charge < -0.3 is 5.73 Å². The van der Waals surface area contributed by atoms with Crippen molar-refractivity contribution in [3.8, 4) is 0 Å². The Bertz CT molecular complexity index is 988. The van der Waals surface area contributed by atoms with Crippen LogP contribution in [0.3, 0.4) is 0 Å². The van der Waals surface area contributed by atoms with Crippen molar-refractivity contribution in [3.63, 3.8) is 0 Å². The number of carbonyl (C=O) groups is 1. The highest BCUT2D eigenvalue weighted by Gasteiger charge is 2.13. The van der Waals surface area contributed by atoms with Crippen molar-refractivity contribution in [2.45, 2.75) is 6.54 Å². The molecule has 0 aliphatic carbocycles. The van der Waals surface area contributed by atoms with Crippen molar-refractivity contribution in [2.24, 2.45) is 0 Å². The van der Waals surface area contributed by atoms with Crippen molar-refractivity contribution in [3.05, 3.63) is 36.7 Å². The Balaban J connectivity index is 1.84. The van der Waals surface area contributed by atoms with E-state index < -0.39 is 10.0 Å². The molecule has 0 spiro atoms. The van der Waals surface area contributed by atoms with Gasteiger partial charge in [-0.2, -0.15) is 0 Å². The Hall–Kier alpha value is -2.88. The van der Waals surface area contributed by atoms with Crippen LogP contribution in [-0.2, 0) is 16.6 Å². The van der Waals surface area contributed by atoms with E-state index in [9.17, 15) is 13.2 Å². The van der Waals surface area contributed by atoms with Crippen LogP contribution in [0.2, 0.25) is 0 Å². The van der Waals surface area contributed by atoms with E-state index in [4.69, 9.17) is 5.73 Å². The first-order valence-corrected chi connectivity index (χ1v) is 8.49. The third-order valence-electron chi connectivity index (χ3n) is 3.14. The van der Waals surface area contributed by atoms with Gasteiger partial charge >= 0.3 is 0 Å². The summed E-state index contributed by atoms with van der Waals surface area (Å²) in [5, 5.41) is 8.24. The lowest BCUT2D eigenvalue weighted by Gasteiger charge is -2.06. The van der Waals surface area contributed by atoms with Gasteiger partial charge in [0.15, 0.2) is 5.82 Å². The van der Waals surface area contributed by atoms with Crippen LogP contribution in [0.5, 0.6) is 0 Å². The molecule has 120 valence electrons. The number of fused-ring (bicyclic) bond motifs is 1. The summed E-state index contributed by atoms with van der Waals surface area (Å²) in [6, 6.07) is 7.18. The van der Waals surface area contributed by atoms with Crippen molar-refractivity contribution < 1.29 is 13.2 Å². The Kier molecular flexibility index (Phi) is 3.52. The van der Waals surface area contributed by atoms with Gasteiger partial charge in [0.05, 0.1) is 23.7 Å². The molecule has 0 aliphatic heterocycles. The minimum absolute atomic E-state index is 0.0529. The lowest BCUT2D eigenvalue weighted by atomic mass is 10.2. The van der Waals surface area contributed by atoms with Gasteiger partial charge in [0.25, 0.3) is 5.91 Å². The normalized spacial score (nSPS) is 11.7. The number of nitrogens with two attached hydrogens (primary N) is 1. The number of nitrogens with one attached hydrogen (secondary N) is 1. The molecule has 3 rings (SSSR count). The van der Waals surface area contributed by atoms with Gasteiger partial charge in [-0.15, -0.1) is 5.10 Å². The standard InChI is InChI=1S/C13H14N6O3S/c1-23(21,22)16-11-7-18(17-15-11)8-12(20)19-6-5-9-3-2-4-10(14)13(9)19/h2-7,16H,8,14H2,1H3. The van der Waals surface area contributed by atoms with E-state index in [1.54, 1.807) is 18.3 Å². The summed E-state index contributed by atoms with van der Waals surface area (Å²) in [4.78, 5) is 12.4. The van der Waals surface area contributed by atoms with Gasteiger partial charge in [-0.25, -0.2) is 13.1 Å². The predicted octanol–water partition coefficient (Wildman–Crippen LogP) is 0.527. The van der Waals surface area contributed by atoms with E-state index in [0.717, 1.165) is 11.6 Å². The van der Waals surface area contributed by atoms with Gasteiger partial charge in [-0.3, -0.25) is 14.1 Å². The molecule has 0 saturated heterocycles. The number of hydrogen-bond donors (Lipinski definition) is 2. The number of anilines is 2. The fourth-order valence-electron chi connectivity index (χ4n) is 2.26. The monoisotopic (exact) mass is 334 g/mol. The molecular weight excluding hydrogens is 320 g/mol. The molecule has 0 radical (unpaired) electrons. The van der Waals surface area contributed by atoms with Crippen molar-refractivity contribution in [2.75, 3.05) is 16.7 Å². The predicted molar refractivity (Wildman–Crippen MR) is 85.5 cm³/mol. The number of benzene rings is 1. The quantitative estimate of drug-likeness (QED) is 0.670. The van der Waals surface area contributed by atoms with Gasteiger partial charge in [0.1, 0.15) is 6.54 Å². The Morgan fingerprint density at radius 2 is 2.13 bits per heavy atom. The lowest BCUT2D eigenvalue weighted by Crippen LogP contribution is -2.18. The maximum absolute atomic E-state index is 12.4. The molecule has 1 aromatic carbocycles. The maximum Gasteiger partial charge on any atom is 0.252 e. The highest BCUT2D eigenvalue weighted by molar-refractivity contribution is 7.92. The topological polar surface area (TPSA) is 125 Å². The maximum atomic E-state index is 12.4. The number of hydrogen-bond acceptors (Lipinski definition) is 6. The van der Waals surface area contributed by atoms with Gasteiger partial charge in [-0.05, 0) is 12.1 Å². The smallest absolute Gasteiger partial charge is 0.252 e. The zero-order valence-corrected chi connectivity index (χ0v) is 13.0. The number of nitrogen functional groups attached to an aromatic ring is 1. The third kappa shape index (κ3) is 3.16. The summed E-state index contributed by atoms with van der Waals surface area (Å²) in [6.07, 6.45) is 3.98. The van der Waals surface area contributed by atoms with Crippen LogP contribution >= 0.6 is 0 Å². The summed E-state index contributed by atoms with van der Waals surface area (Å²) in [5.41, 5.74) is 7.05. The average Bonchev–Trinajstić information content (AvgIpc) is 3.04. The van der Waals surface area contributed by atoms with Gasteiger partial charge in [-0.1, -0.05) is 17.3 Å². The highest BCUT2D eigenvalue weighted by Crippen LogP contribution is 2.22. The SMILES string of the molecule is CS(=O)(=O)Nc1cn(CC(=O)n2ccc3cccc(N)c32)nn1. The molecule has 0 unspecified atom stereocenters. The lowest BCUT2D eigenvalue weighted by molar-refractivity contribution is 0.0891. The molecule has 0 saturated carbocycles. The van der Waals surface area contributed by atoms with Crippen molar-refractivity contribution in [1.29, 1.82) is 0 Å². The molecule has 0 atom stereocenters. The second kappa shape index (κ2) is 5.39. The molecule has 9 nitrogen and oxygen atoms in total. The van der Waals surface area contributed by atoms with Crippen LogP contribution in [0.15, 0.2) is 36.7 Å². The van der Waals surface area contributed by atoms with Gasteiger partial charge in [0.2, 0.25) is 10.0 Å². The second-order valence-electron chi connectivity index (χ2n) is 5.04. The fraction of sp³-hybridized carbons (Fsp3) is 0.154. The summed E-state index contributed by atoms with van der Waals surface area (Å²) < 4.78 is 27.1. The van der Waals surface area contributed by atoms with Crippen LogP contribution < -0.4 is 10.5 Å². The van der Waals surface area contributed by atoms with Crippen LogP contribution in [0.4, 0.5) is 11.5 Å². The molecule has 23 heavy (non-hydrogen) atoms. The zero-order chi connectivity index (χ0) is 16.6. The largest absolute Gasteiger partial charge is 0.397 e. The van der Waals surface area contributed by atoms with Crippen LogP contribution in [0.1, 0.15) is 4.79 Å². The fourth-order valence-corrected chi connectivity index (χ4v) is 2.73. The summed E-state index contributed by atoms with van der Waals surface area (Å²) in [7, 11) is -3.44. The minimum Gasteiger partial charge on any atom is -0.397 e. The second-order valence-corrected chi connectivity index (χ2v) is 6.79. The zero-order valence-electron chi connectivity index (χ0n) is 12.2. The summed E-state index contributed by atoms with van der Waals surface area (Å²) in [6.45, 7) is -0.101. The van der Waals surface area contributed by atoms with E-state index >= 15 is 0 Å². The Morgan fingerprint density at radius 1 is 1.35 bits per heavy atom. The van der Waals surface area contributed by atoms with Gasteiger partial charge in [0, 0.05) is 11.6 Å². The van der Waals surface area contributed by atoms with Crippen LogP contribution in [0, 0.1) is 0 Å². The highest BCUT2D eigenvalue weighted by atomic mass is 32.2. The number of nitrogens with zero attached hydrogens (tertiary/aromatic N) is 4. The average molecular weight is 334 g/mol. The first kappa shape index (κ1) is 15.0. The summed E-state index contributed by atoms with van der Waals surface area (Å²) in [5.74, 6) is -0.217. The molecule has 0 amide bonds. The van der Waals surface area contributed by atoms with E-state index in [0.29, 0.717) is 11.2 Å². The number of carbonyl (C=O) groups excluding carboxylic acids is 1. The third-order valence-corrected chi connectivity index (χ3v) is 3.72. The van der Waals surface area contributed by atoms with Crippen LogP contribution in [-0.4, -0.2) is 40.1 Å². The van der Waals surface area contributed by atoms with Crippen LogP contribution in [0.25, 0.3) is 10.9 Å². The number of rotatable bonds is 4. The van der Waals surface area contributed by atoms with Crippen molar-refractivity contribution >= 4 is 38.3 Å². The van der Waals surface area contributed by atoms with E-state index in [1.165, 1.54) is 15.4 Å². The van der Waals surface area contributed by atoms with Crippen molar-refractivity contribution in [1.82, 2.24) is 19.6 Å². The number of aromatic nitrogens is 4. The molecule has 0 fully saturated rings. The molecule has 2 aromatic heterocycles. The number of sulfonamides is 1. The molecule has 3 aromatic rings.